The number of carbonyl (C=O) groups is 1. The zero-order chi connectivity index (χ0) is 19.6. The fourth-order valence-electron chi connectivity index (χ4n) is 2.77. The lowest BCUT2D eigenvalue weighted by Gasteiger charge is -2.03. The van der Waals surface area contributed by atoms with Gasteiger partial charge in [-0.2, -0.15) is 5.10 Å². The highest BCUT2D eigenvalue weighted by Crippen LogP contribution is 2.21. The average molecular weight is 367 g/mol. The van der Waals surface area contributed by atoms with Crippen LogP contribution in [0.4, 0.5) is 5.69 Å². The van der Waals surface area contributed by atoms with Crippen molar-refractivity contribution in [1.82, 2.24) is 15.0 Å². The third kappa shape index (κ3) is 3.61. The van der Waals surface area contributed by atoms with Crippen LogP contribution in [-0.4, -0.2) is 31.7 Å². The summed E-state index contributed by atoms with van der Waals surface area (Å²) in [5, 5.41) is 24.3. The Kier molecular flexibility index (Phi) is 4.84. The molecule has 0 unspecified atom stereocenters. The van der Waals surface area contributed by atoms with Crippen LogP contribution in [0.15, 0.2) is 41.5 Å². The van der Waals surface area contributed by atoms with Gasteiger partial charge in [-0.05, 0) is 38.1 Å². The van der Waals surface area contributed by atoms with E-state index in [-0.39, 0.29) is 17.0 Å². The van der Waals surface area contributed by atoms with Crippen LogP contribution in [0.1, 0.15) is 28.7 Å². The Balaban J connectivity index is 1.78. The van der Waals surface area contributed by atoms with Crippen LogP contribution < -0.4 is 5.43 Å². The molecule has 0 saturated heterocycles. The second-order valence-corrected chi connectivity index (χ2v) is 5.81. The normalized spacial score (nSPS) is 11.2. The number of nitrogens with zero attached hydrogens (tertiary/aromatic N) is 4. The number of hydrogen-bond acceptors (Lipinski definition) is 6. The molecule has 0 aliphatic rings. The lowest BCUT2D eigenvalue weighted by molar-refractivity contribution is -0.384. The number of hydrogen-bond donors (Lipinski definition) is 2. The first-order valence-corrected chi connectivity index (χ1v) is 8.18. The summed E-state index contributed by atoms with van der Waals surface area (Å²) in [4.78, 5) is 26.9. The molecular weight excluding hydrogens is 350 g/mol. The smallest absolute Gasteiger partial charge is 0.271 e. The van der Waals surface area contributed by atoms with E-state index in [9.17, 15) is 20.0 Å². The van der Waals surface area contributed by atoms with Gasteiger partial charge in [-0.1, -0.05) is 0 Å². The van der Waals surface area contributed by atoms with Gasteiger partial charge >= 0.3 is 0 Å². The van der Waals surface area contributed by atoms with E-state index in [1.165, 1.54) is 12.1 Å². The van der Waals surface area contributed by atoms with Crippen molar-refractivity contribution in [1.29, 1.82) is 0 Å². The standard InChI is InChI=1S/C18H17N5O4/c1-3-22-11(2)20-15-9-12(4-6-16(15)22)18(25)21-19-10-13-8-14(23(26)27)5-7-17(13)24/h4-10,24H,3H2,1-2H3,(H,21,25)/b19-10+. The second kappa shape index (κ2) is 7.24. The van der Waals surface area contributed by atoms with Crippen molar-refractivity contribution in [2.75, 3.05) is 0 Å². The number of aromatic hydroxyl groups is 1. The first-order valence-electron chi connectivity index (χ1n) is 8.18. The van der Waals surface area contributed by atoms with Gasteiger partial charge in [-0.3, -0.25) is 14.9 Å². The van der Waals surface area contributed by atoms with Crippen molar-refractivity contribution >= 4 is 28.8 Å². The third-order valence-electron chi connectivity index (χ3n) is 4.11. The quantitative estimate of drug-likeness (QED) is 0.408. The lowest BCUT2D eigenvalue weighted by atomic mass is 10.2. The van der Waals surface area contributed by atoms with Crippen molar-refractivity contribution < 1.29 is 14.8 Å². The Bertz CT molecular complexity index is 1070. The van der Waals surface area contributed by atoms with Gasteiger partial charge in [0, 0.05) is 29.8 Å². The summed E-state index contributed by atoms with van der Waals surface area (Å²) in [7, 11) is 0. The molecule has 1 aromatic heterocycles. The Hall–Kier alpha value is -3.75. The van der Waals surface area contributed by atoms with Crippen LogP contribution >= 0.6 is 0 Å². The highest BCUT2D eigenvalue weighted by atomic mass is 16.6. The first-order chi connectivity index (χ1) is 12.9. The molecule has 0 radical (unpaired) electrons. The summed E-state index contributed by atoms with van der Waals surface area (Å²) >= 11 is 0. The highest BCUT2D eigenvalue weighted by molar-refractivity contribution is 5.98. The average Bonchev–Trinajstić information content (AvgIpc) is 2.96. The van der Waals surface area contributed by atoms with Crippen LogP contribution in [-0.2, 0) is 6.54 Å². The van der Waals surface area contributed by atoms with Crippen molar-refractivity contribution in [2.24, 2.45) is 5.10 Å². The number of benzene rings is 2. The SMILES string of the molecule is CCn1c(C)nc2cc(C(=O)N/N=C/c3cc([N+](=O)[O-])ccc3O)ccc21. The van der Waals surface area contributed by atoms with Gasteiger partial charge in [0.25, 0.3) is 11.6 Å². The maximum absolute atomic E-state index is 12.3. The Morgan fingerprint density at radius 1 is 1.37 bits per heavy atom. The summed E-state index contributed by atoms with van der Waals surface area (Å²) in [6, 6.07) is 8.70. The largest absolute Gasteiger partial charge is 0.507 e. The molecule has 0 bridgehead atoms. The number of amides is 1. The van der Waals surface area contributed by atoms with Crippen molar-refractivity contribution in [3.8, 4) is 5.75 Å². The van der Waals surface area contributed by atoms with Crippen LogP contribution in [0.2, 0.25) is 0 Å². The topological polar surface area (TPSA) is 123 Å². The molecule has 0 aliphatic carbocycles. The van der Waals surface area contributed by atoms with E-state index in [2.05, 4.69) is 15.5 Å². The van der Waals surface area contributed by atoms with E-state index in [1.54, 1.807) is 12.1 Å². The molecule has 2 N–H and O–H groups in total. The van der Waals surface area contributed by atoms with Crippen LogP contribution in [0, 0.1) is 17.0 Å². The fourth-order valence-corrected chi connectivity index (χ4v) is 2.77. The number of nitro groups is 1. The van der Waals surface area contributed by atoms with E-state index in [0.717, 1.165) is 30.2 Å². The number of hydrazone groups is 1. The predicted octanol–water partition coefficient (Wildman–Crippen LogP) is 2.74. The summed E-state index contributed by atoms with van der Waals surface area (Å²) < 4.78 is 2.04. The molecule has 0 fully saturated rings. The molecule has 3 aromatic rings. The zero-order valence-electron chi connectivity index (χ0n) is 14.7. The maximum atomic E-state index is 12.3. The van der Waals surface area contributed by atoms with E-state index in [1.807, 2.05) is 24.5 Å². The monoisotopic (exact) mass is 367 g/mol. The molecule has 3 rings (SSSR count). The number of aromatic nitrogens is 2. The molecule has 0 atom stereocenters. The minimum Gasteiger partial charge on any atom is -0.507 e. The number of nitrogens with one attached hydrogen (secondary N) is 1. The molecule has 1 amide bonds. The number of phenols is 1. The molecule has 9 nitrogen and oxygen atoms in total. The van der Waals surface area contributed by atoms with Crippen molar-refractivity contribution in [3.63, 3.8) is 0 Å². The zero-order valence-corrected chi connectivity index (χ0v) is 14.7. The minimum atomic E-state index is -0.581. The molecule has 27 heavy (non-hydrogen) atoms. The summed E-state index contributed by atoms with van der Waals surface area (Å²) in [5.41, 5.74) is 4.30. The molecule has 1 heterocycles. The number of rotatable bonds is 5. The molecule has 0 spiro atoms. The van der Waals surface area contributed by atoms with E-state index in [4.69, 9.17) is 0 Å². The molecule has 2 aromatic carbocycles. The number of phenolic OH excluding ortho intramolecular Hbond substituents is 1. The Morgan fingerprint density at radius 3 is 2.85 bits per heavy atom. The third-order valence-corrected chi connectivity index (χ3v) is 4.11. The minimum absolute atomic E-state index is 0.122. The molecular formula is C18H17N5O4. The first kappa shape index (κ1) is 18.1. The summed E-state index contributed by atoms with van der Waals surface area (Å²) in [5.74, 6) is 0.228. The van der Waals surface area contributed by atoms with E-state index < -0.39 is 10.8 Å². The number of non-ortho nitro benzene ring substituents is 1. The molecule has 0 aliphatic heterocycles. The van der Waals surface area contributed by atoms with Gasteiger partial charge in [0.2, 0.25) is 0 Å². The predicted molar refractivity (Wildman–Crippen MR) is 100.0 cm³/mol. The van der Waals surface area contributed by atoms with Gasteiger partial charge in [0.15, 0.2) is 0 Å². The maximum Gasteiger partial charge on any atom is 0.271 e. The summed E-state index contributed by atoms with van der Waals surface area (Å²) in [6.07, 6.45) is 1.15. The van der Waals surface area contributed by atoms with Crippen molar-refractivity contribution in [2.45, 2.75) is 20.4 Å². The number of carbonyl (C=O) groups excluding carboxylic acids is 1. The van der Waals surface area contributed by atoms with Gasteiger partial charge in [0.05, 0.1) is 22.2 Å². The van der Waals surface area contributed by atoms with Crippen LogP contribution in [0.25, 0.3) is 11.0 Å². The van der Waals surface area contributed by atoms with Gasteiger partial charge in [0.1, 0.15) is 11.6 Å². The second-order valence-electron chi connectivity index (χ2n) is 5.81. The lowest BCUT2D eigenvalue weighted by Crippen LogP contribution is -2.17. The summed E-state index contributed by atoms with van der Waals surface area (Å²) in [6.45, 7) is 4.71. The van der Waals surface area contributed by atoms with E-state index >= 15 is 0 Å². The van der Waals surface area contributed by atoms with Gasteiger partial charge < -0.3 is 9.67 Å². The Morgan fingerprint density at radius 2 is 2.15 bits per heavy atom. The molecule has 9 heteroatoms. The van der Waals surface area contributed by atoms with E-state index in [0.29, 0.717) is 11.1 Å². The number of aryl methyl sites for hydroxylation is 2. The molecule has 0 saturated carbocycles. The molecule has 138 valence electrons. The Labute approximate surface area is 154 Å². The van der Waals surface area contributed by atoms with Gasteiger partial charge in [-0.25, -0.2) is 10.4 Å². The number of fused-ring (bicyclic) bond motifs is 1. The van der Waals surface area contributed by atoms with Crippen LogP contribution in [0.5, 0.6) is 5.75 Å². The van der Waals surface area contributed by atoms with Gasteiger partial charge in [-0.15, -0.1) is 0 Å². The fraction of sp³-hybridized carbons (Fsp3) is 0.167. The highest BCUT2D eigenvalue weighted by Gasteiger charge is 2.11. The van der Waals surface area contributed by atoms with Crippen molar-refractivity contribution in [3.05, 3.63) is 63.5 Å². The van der Waals surface area contributed by atoms with Crippen LogP contribution in [0.3, 0.4) is 0 Å². The number of imidazole rings is 1. The number of nitro benzene ring substituents is 1.